The first kappa shape index (κ1) is 15.3. The molecule has 0 spiro atoms. The smallest absolute Gasteiger partial charge is 0.208 e. The molecule has 27 heavy (non-hydrogen) atoms. The van der Waals surface area contributed by atoms with Gasteiger partial charge in [-0.1, -0.05) is 0 Å². The number of nitrogens with zero attached hydrogens (tertiary/aromatic N) is 5. The lowest BCUT2D eigenvalue weighted by Crippen LogP contribution is -1.93. The first-order valence-electron chi connectivity index (χ1n) is 8.09. The van der Waals surface area contributed by atoms with Crippen LogP contribution in [0.25, 0.3) is 39.1 Å². The van der Waals surface area contributed by atoms with Crippen LogP contribution in [0.1, 0.15) is 16.2 Å². The van der Waals surface area contributed by atoms with E-state index in [2.05, 4.69) is 25.6 Å². The van der Waals surface area contributed by atoms with Gasteiger partial charge < -0.3 is 14.1 Å². The number of fused-ring (bicyclic) bond motifs is 3. The van der Waals surface area contributed by atoms with Crippen LogP contribution in [0.4, 0.5) is 0 Å². The molecule has 3 aromatic heterocycles. The van der Waals surface area contributed by atoms with Crippen molar-refractivity contribution in [1.29, 1.82) is 0 Å². The molecule has 0 unspecified atom stereocenters. The number of carbonyl (C=O) groups excluding carboxylic acids is 1. The standard InChI is InChI=1S/C18H12N6O3/c1-9-19-17-15(27-9)5-4-13-16(17)10(8-25)7-24(13)11-2-3-12(14(26)6-11)18-20-22-23-21-18/h2-8,26H,1H3,(H,20,21,22,23). The van der Waals surface area contributed by atoms with E-state index in [0.717, 1.165) is 11.8 Å². The summed E-state index contributed by atoms with van der Waals surface area (Å²) in [4.78, 5) is 16.1. The predicted molar refractivity (Wildman–Crippen MR) is 95.8 cm³/mol. The minimum absolute atomic E-state index is 0.00163. The van der Waals surface area contributed by atoms with Gasteiger partial charge in [-0.25, -0.2) is 4.98 Å². The summed E-state index contributed by atoms with van der Waals surface area (Å²) in [7, 11) is 0. The van der Waals surface area contributed by atoms with E-state index in [0.29, 0.717) is 45.0 Å². The first-order chi connectivity index (χ1) is 13.2. The Morgan fingerprint density at radius 1 is 1.26 bits per heavy atom. The molecule has 0 saturated carbocycles. The summed E-state index contributed by atoms with van der Waals surface area (Å²) in [6.07, 6.45) is 2.50. The number of hydrogen-bond acceptors (Lipinski definition) is 7. The van der Waals surface area contributed by atoms with Gasteiger partial charge in [-0.3, -0.25) is 4.79 Å². The third-order valence-electron chi connectivity index (χ3n) is 4.43. The summed E-state index contributed by atoms with van der Waals surface area (Å²) in [5, 5.41) is 24.7. The van der Waals surface area contributed by atoms with Crippen LogP contribution in [-0.4, -0.2) is 41.6 Å². The second-order valence-corrected chi connectivity index (χ2v) is 6.05. The highest BCUT2D eigenvalue weighted by atomic mass is 16.3. The zero-order valence-electron chi connectivity index (χ0n) is 14.0. The van der Waals surface area contributed by atoms with Gasteiger partial charge in [-0.2, -0.15) is 5.21 Å². The van der Waals surface area contributed by atoms with Crippen molar-refractivity contribution < 1.29 is 14.3 Å². The molecule has 2 N–H and O–H groups in total. The van der Waals surface area contributed by atoms with Gasteiger partial charge in [-0.15, -0.1) is 10.2 Å². The number of nitrogens with one attached hydrogen (secondary N) is 1. The fourth-order valence-electron chi connectivity index (χ4n) is 3.29. The van der Waals surface area contributed by atoms with Crippen molar-refractivity contribution in [2.24, 2.45) is 0 Å². The Morgan fingerprint density at radius 2 is 2.15 bits per heavy atom. The van der Waals surface area contributed by atoms with Gasteiger partial charge in [0.15, 0.2) is 17.8 Å². The number of phenols is 1. The van der Waals surface area contributed by atoms with Crippen LogP contribution in [0.15, 0.2) is 40.9 Å². The highest BCUT2D eigenvalue weighted by molar-refractivity contribution is 6.11. The molecule has 3 heterocycles. The van der Waals surface area contributed by atoms with Crippen molar-refractivity contribution in [3.05, 3.63) is 48.0 Å². The topological polar surface area (TPSA) is 123 Å². The van der Waals surface area contributed by atoms with Crippen LogP contribution >= 0.6 is 0 Å². The number of H-pyrrole nitrogens is 1. The number of aldehydes is 1. The predicted octanol–water partition coefficient (Wildman–Crippen LogP) is 2.78. The molecule has 9 heteroatoms. The Balaban J connectivity index is 1.75. The number of aromatic amines is 1. The van der Waals surface area contributed by atoms with Gasteiger partial charge in [0.25, 0.3) is 0 Å². The minimum Gasteiger partial charge on any atom is -0.507 e. The Kier molecular flexibility index (Phi) is 3.11. The lowest BCUT2D eigenvalue weighted by Gasteiger charge is -2.08. The average Bonchev–Trinajstić information content (AvgIpc) is 3.38. The van der Waals surface area contributed by atoms with E-state index in [-0.39, 0.29) is 5.75 Å². The highest BCUT2D eigenvalue weighted by Gasteiger charge is 2.17. The maximum absolute atomic E-state index is 11.6. The molecule has 0 saturated heterocycles. The number of aryl methyl sites for hydroxylation is 1. The molecule has 5 aromatic rings. The molecule has 0 atom stereocenters. The lowest BCUT2D eigenvalue weighted by atomic mass is 10.1. The van der Waals surface area contributed by atoms with Crippen LogP contribution in [0.2, 0.25) is 0 Å². The number of aromatic hydroxyl groups is 1. The number of aromatic nitrogens is 6. The SMILES string of the molecule is Cc1nc2c(ccc3c2c(C=O)cn3-c2ccc(-c3nn[nH]n3)c(O)c2)o1. The zero-order chi connectivity index (χ0) is 18.5. The number of phenolic OH excluding ortho intramolecular Hbond substituents is 1. The maximum Gasteiger partial charge on any atom is 0.208 e. The molecular formula is C18H12N6O3. The minimum atomic E-state index is 0.00163. The van der Waals surface area contributed by atoms with Gasteiger partial charge in [0.2, 0.25) is 5.82 Å². The first-order valence-corrected chi connectivity index (χ1v) is 8.09. The summed E-state index contributed by atoms with van der Waals surface area (Å²) in [5.41, 5.74) is 3.66. The Morgan fingerprint density at radius 3 is 2.89 bits per heavy atom. The second kappa shape index (κ2) is 5.49. The van der Waals surface area contributed by atoms with Crippen LogP contribution < -0.4 is 0 Å². The number of oxazole rings is 1. The molecule has 0 fully saturated rings. The zero-order valence-corrected chi connectivity index (χ0v) is 14.0. The van der Waals surface area contributed by atoms with Crippen molar-refractivity contribution in [3.8, 4) is 22.8 Å². The molecule has 5 rings (SSSR count). The molecule has 0 amide bonds. The van der Waals surface area contributed by atoms with Crippen molar-refractivity contribution in [2.45, 2.75) is 6.92 Å². The molecule has 0 aliphatic carbocycles. The normalized spacial score (nSPS) is 11.4. The number of tetrazole rings is 1. The number of benzene rings is 2. The fourth-order valence-corrected chi connectivity index (χ4v) is 3.29. The number of carbonyl (C=O) groups is 1. The van der Waals surface area contributed by atoms with Gasteiger partial charge in [0.05, 0.1) is 11.1 Å². The van der Waals surface area contributed by atoms with E-state index in [4.69, 9.17) is 4.42 Å². The van der Waals surface area contributed by atoms with Crippen LogP contribution in [0.3, 0.4) is 0 Å². The molecule has 9 nitrogen and oxygen atoms in total. The van der Waals surface area contributed by atoms with Crippen LogP contribution in [0, 0.1) is 6.92 Å². The number of rotatable bonds is 3. The third kappa shape index (κ3) is 2.21. The molecular weight excluding hydrogens is 348 g/mol. The summed E-state index contributed by atoms with van der Waals surface area (Å²) in [6.45, 7) is 1.76. The summed E-state index contributed by atoms with van der Waals surface area (Å²) in [6, 6.07) is 8.76. The Labute approximate surface area is 151 Å². The van der Waals surface area contributed by atoms with Crippen LogP contribution in [-0.2, 0) is 0 Å². The third-order valence-corrected chi connectivity index (χ3v) is 4.43. The molecule has 0 bridgehead atoms. The molecule has 0 aliphatic heterocycles. The summed E-state index contributed by atoms with van der Waals surface area (Å²) >= 11 is 0. The Bertz CT molecular complexity index is 1320. The van der Waals surface area contributed by atoms with E-state index >= 15 is 0 Å². The lowest BCUT2D eigenvalue weighted by molar-refractivity contribution is 0.112. The summed E-state index contributed by atoms with van der Waals surface area (Å²) < 4.78 is 7.39. The quantitative estimate of drug-likeness (QED) is 0.474. The maximum atomic E-state index is 11.6. The van der Waals surface area contributed by atoms with Gasteiger partial charge >= 0.3 is 0 Å². The van der Waals surface area contributed by atoms with Crippen molar-refractivity contribution >= 4 is 28.3 Å². The van der Waals surface area contributed by atoms with Gasteiger partial charge in [-0.05, 0) is 29.5 Å². The van der Waals surface area contributed by atoms with E-state index in [1.165, 1.54) is 0 Å². The fraction of sp³-hybridized carbons (Fsp3) is 0.0556. The monoisotopic (exact) mass is 360 g/mol. The Hall–Kier alpha value is -4.01. The second-order valence-electron chi connectivity index (χ2n) is 6.05. The van der Waals surface area contributed by atoms with E-state index in [1.807, 2.05) is 16.7 Å². The summed E-state index contributed by atoms with van der Waals surface area (Å²) in [5.74, 6) is 0.829. The van der Waals surface area contributed by atoms with Crippen molar-refractivity contribution in [3.63, 3.8) is 0 Å². The van der Waals surface area contributed by atoms with Crippen LogP contribution in [0.5, 0.6) is 5.75 Å². The van der Waals surface area contributed by atoms with Crippen molar-refractivity contribution in [1.82, 2.24) is 30.2 Å². The van der Waals surface area contributed by atoms with Gasteiger partial charge in [0, 0.05) is 35.8 Å². The van der Waals surface area contributed by atoms with Gasteiger partial charge in [0.1, 0.15) is 11.3 Å². The molecule has 2 aromatic carbocycles. The largest absolute Gasteiger partial charge is 0.507 e. The van der Waals surface area contributed by atoms with E-state index in [9.17, 15) is 9.90 Å². The highest BCUT2D eigenvalue weighted by Crippen LogP contribution is 2.34. The van der Waals surface area contributed by atoms with E-state index < -0.39 is 0 Å². The molecule has 0 aliphatic rings. The molecule has 132 valence electrons. The van der Waals surface area contributed by atoms with E-state index in [1.54, 1.807) is 31.3 Å². The average molecular weight is 360 g/mol. The number of hydrogen-bond donors (Lipinski definition) is 2. The van der Waals surface area contributed by atoms with Crippen molar-refractivity contribution in [2.75, 3.05) is 0 Å². The molecule has 0 radical (unpaired) electrons.